The molecule has 224 valence electrons. The zero-order valence-corrected chi connectivity index (χ0v) is 23.9. The summed E-state index contributed by atoms with van der Waals surface area (Å²) in [4.78, 5) is 47.0. The minimum Gasteiger partial charge on any atom is -0.477 e. The van der Waals surface area contributed by atoms with E-state index in [0.29, 0.717) is 38.3 Å². The number of carboxylic acid groups (broad SMARTS) is 1. The van der Waals surface area contributed by atoms with E-state index in [1.165, 1.54) is 0 Å². The second kappa shape index (κ2) is 11.9. The monoisotopic (exact) mass is 584 g/mol. The largest absolute Gasteiger partial charge is 0.477 e. The van der Waals surface area contributed by atoms with Crippen molar-refractivity contribution in [2.75, 3.05) is 31.2 Å². The van der Waals surface area contributed by atoms with Crippen LogP contribution in [0, 0.1) is 0 Å². The summed E-state index contributed by atoms with van der Waals surface area (Å²) >= 11 is 0. The lowest BCUT2D eigenvalue weighted by atomic mass is 9.85. The number of nitrogens with two attached hydrogens (primary N) is 1. The van der Waals surface area contributed by atoms with Gasteiger partial charge in [0.15, 0.2) is 0 Å². The minimum atomic E-state index is -1.44. The molecule has 1 spiro atoms. The van der Waals surface area contributed by atoms with Crippen LogP contribution in [0.3, 0.4) is 0 Å². The molecular formula is C32H36N6O5. The number of aliphatic carboxylic acids is 1. The molecule has 1 amide bonds. The fourth-order valence-electron chi connectivity index (χ4n) is 6.34. The first kappa shape index (κ1) is 28.5. The summed E-state index contributed by atoms with van der Waals surface area (Å²) in [5.74, 6) is -0.765. The Morgan fingerprint density at radius 3 is 2.37 bits per heavy atom. The van der Waals surface area contributed by atoms with Crippen LogP contribution in [0.15, 0.2) is 83.7 Å². The number of H-pyrrole nitrogens is 1. The van der Waals surface area contributed by atoms with Crippen LogP contribution in [0.5, 0.6) is 5.75 Å². The maximum absolute atomic E-state index is 14.1. The van der Waals surface area contributed by atoms with Gasteiger partial charge in [-0.05, 0) is 67.8 Å². The quantitative estimate of drug-likeness (QED) is 0.242. The van der Waals surface area contributed by atoms with Crippen molar-refractivity contribution < 1.29 is 19.4 Å². The Kier molecular flexibility index (Phi) is 7.92. The van der Waals surface area contributed by atoms with E-state index >= 15 is 0 Å². The zero-order valence-electron chi connectivity index (χ0n) is 23.9. The zero-order chi connectivity index (χ0) is 30.0. The van der Waals surface area contributed by atoms with Gasteiger partial charge in [-0.25, -0.2) is 9.59 Å². The molecule has 43 heavy (non-hydrogen) atoms. The Morgan fingerprint density at radius 2 is 1.65 bits per heavy atom. The third-order valence-electron chi connectivity index (χ3n) is 8.61. The van der Waals surface area contributed by atoms with Gasteiger partial charge in [-0.2, -0.15) is 0 Å². The van der Waals surface area contributed by atoms with Crippen LogP contribution in [0.4, 0.5) is 5.69 Å². The average molecular weight is 585 g/mol. The maximum atomic E-state index is 14.1. The van der Waals surface area contributed by atoms with Crippen molar-refractivity contribution in [2.45, 2.75) is 44.1 Å². The Labute approximate surface area is 249 Å². The number of fused-ring (bicyclic) bond motifs is 1. The molecule has 11 nitrogen and oxygen atoms in total. The lowest BCUT2D eigenvalue weighted by Gasteiger charge is -2.43. The summed E-state index contributed by atoms with van der Waals surface area (Å²) in [5.41, 5.74) is 8.48. The summed E-state index contributed by atoms with van der Waals surface area (Å²) in [6, 6.07) is 24.8. The number of ether oxygens (including phenoxy) is 1. The molecular weight excluding hydrogens is 548 g/mol. The highest BCUT2D eigenvalue weighted by atomic mass is 16.5. The van der Waals surface area contributed by atoms with E-state index < -0.39 is 17.7 Å². The van der Waals surface area contributed by atoms with Crippen molar-refractivity contribution in [3.63, 3.8) is 0 Å². The van der Waals surface area contributed by atoms with Gasteiger partial charge in [0.1, 0.15) is 11.3 Å². The number of amides is 1. The summed E-state index contributed by atoms with van der Waals surface area (Å²) in [6.45, 7) is 3.99. The number of hydrogen-bond donors (Lipinski definition) is 3. The molecule has 1 unspecified atom stereocenters. The molecule has 4 N–H and O–H groups in total. The lowest BCUT2D eigenvalue weighted by Crippen LogP contribution is -2.56. The smallest absolute Gasteiger partial charge is 0.360 e. The first-order valence-electron chi connectivity index (χ1n) is 14.6. The summed E-state index contributed by atoms with van der Waals surface area (Å²) < 4.78 is 7.04. The first-order valence-corrected chi connectivity index (χ1v) is 14.6. The third kappa shape index (κ3) is 5.73. The number of para-hydroxylation sites is 3. The first-order chi connectivity index (χ1) is 20.8. The number of nitrogens with zero attached hydrogens (tertiary/aromatic N) is 4. The third-order valence-corrected chi connectivity index (χ3v) is 8.61. The standard InChI is InChI=1S/C32H36N6O5/c33-28(29(39)40)43-25-13-11-23(12-14-25)21-36-22-38(24-7-2-1-3-8-24)32(30(36)41)15-19-35(20-16-32)17-6-18-37-27-10-5-4-9-26(27)34-31(37)42/h1-5,7-14,28H,6,15-22,33H2,(H,34,42)(H,39,40). The van der Waals surface area contributed by atoms with Crippen molar-refractivity contribution in [3.05, 3.63) is 94.9 Å². The summed E-state index contributed by atoms with van der Waals surface area (Å²) in [6.07, 6.45) is 0.829. The van der Waals surface area contributed by atoms with Gasteiger partial charge >= 0.3 is 11.7 Å². The number of aromatic nitrogens is 2. The SMILES string of the molecule is NC(Oc1ccc(CN2CN(c3ccccc3)C3(CCN(CCCn4c(=O)[nH]c5ccccc54)CC3)C2=O)cc1)C(=O)O. The van der Waals surface area contributed by atoms with E-state index in [4.69, 9.17) is 15.6 Å². The van der Waals surface area contributed by atoms with Gasteiger partial charge in [-0.15, -0.1) is 0 Å². The summed E-state index contributed by atoms with van der Waals surface area (Å²) in [7, 11) is 0. The molecule has 1 aromatic heterocycles. The second-order valence-corrected chi connectivity index (χ2v) is 11.3. The molecule has 11 heteroatoms. The number of aromatic amines is 1. The maximum Gasteiger partial charge on any atom is 0.360 e. The number of carbonyl (C=O) groups is 2. The van der Waals surface area contributed by atoms with E-state index in [-0.39, 0.29) is 11.6 Å². The minimum absolute atomic E-state index is 0.0834. The highest BCUT2D eigenvalue weighted by Crippen LogP contribution is 2.40. The molecule has 0 bridgehead atoms. The molecule has 6 rings (SSSR count). The fourth-order valence-corrected chi connectivity index (χ4v) is 6.34. The van der Waals surface area contributed by atoms with Crippen molar-refractivity contribution in [1.82, 2.24) is 19.4 Å². The number of carbonyl (C=O) groups excluding carboxylic acids is 1. The van der Waals surface area contributed by atoms with Gasteiger partial charge in [-0.3, -0.25) is 15.1 Å². The number of carboxylic acids is 1. The highest BCUT2D eigenvalue weighted by molar-refractivity contribution is 5.93. The molecule has 2 aliphatic rings. The fraction of sp³-hybridized carbons (Fsp3) is 0.344. The molecule has 3 aromatic carbocycles. The van der Waals surface area contributed by atoms with E-state index in [9.17, 15) is 14.4 Å². The number of hydrogen-bond acceptors (Lipinski definition) is 7. The van der Waals surface area contributed by atoms with Crippen molar-refractivity contribution in [2.24, 2.45) is 5.73 Å². The van der Waals surface area contributed by atoms with E-state index in [0.717, 1.165) is 48.3 Å². The number of piperidine rings is 1. The Morgan fingerprint density at radius 1 is 0.953 bits per heavy atom. The van der Waals surface area contributed by atoms with Gasteiger partial charge < -0.3 is 29.5 Å². The average Bonchev–Trinajstić information content (AvgIpc) is 3.48. The Bertz CT molecular complexity index is 1640. The van der Waals surface area contributed by atoms with E-state index in [1.54, 1.807) is 16.7 Å². The number of likely N-dealkylation sites (tertiary alicyclic amines) is 1. The number of rotatable bonds is 10. The second-order valence-electron chi connectivity index (χ2n) is 11.3. The van der Waals surface area contributed by atoms with Crippen LogP contribution in [0.2, 0.25) is 0 Å². The Hall–Kier alpha value is -4.61. The van der Waals surface area contributed by atoms with Crippen molar-refractivity contribution in [3.8, 4) is 5.75 Å². The van der Waals surface area contributed by atoms with Gasteiger partial charge in [-0.1, -0.05) is 42.5 Å². The van der Waals surface area contributed by atoms with Crippen LogP contribution in [0.1, 0.15) is 24.8 Å². The molecule has 3 heterocycles. The molecule has 2 saturated heterocycles. The molecule has 1 atom stereocenters. The van der Waals surface area contributed by atoms with Gasteiger partial charge in [0.25, 0.3) is 0 Å². The van der Waals surface area contributed by atoms with Crippen molar-refractivity contribution >= 4 is 28.6 Å². The number of aryl methyl sites for hydroxylation is 1. The van der Waals surface area contributed by atoms with Crippen LogP contribution in [-0.4, -0.2) is 74.4 Å². The molecule has 2 aliphatic heterocycles. The predicted molar refractivity (Wildman–Crippen MR) is 163 cm³/mol. The van der Waals surface area contributed by atoms with Crippen molar-refractivity contribution in [1.29, 1.82) is 0 Å². The molecule has 0 radical (unpaired) electrons. The molecule has 4 aromatic rings. The van der Waals surface area contributed by atoms with E-state index in [2.05, 4.69) is 26.9 Å². The molecule has 2 fully saturated rings. The normalized spacial score (nSPS) is 17.6. The predicted octanol–water partition coefficient (Wildman–Crippen LogP) is 2.81. The summed E-state index contributed by atoms with van der Waals surface area (Å²) in [5, 5.41) is 8.98. The van der Waals surface area contributed by atoms with Crippen LogP contribution >= 0.6 is 0 Å². The van der Waals surface area contributed by atoms with E-state index in [1.807, 2.05) is 59.5 Å². The molecule has 0 aliphatic carbocycles. The highest BCUT2D eigenvalue weighted by Gasteiger charge is 2.53. The number of nitrogens with one attached hydrogen (secondary N) is 1. The number of benzene rings is 3. The van der Waals surface area contributed by atoms with Gasteiger partial charge in [0.05, 0.1) is 17.7 Å². The Balaban J connectivity index is 1.12. The van der Waals surface area contributed by atoms with Crippen LogP contribution in [-0.2, 0) is 22.7 Å². The van der Waals surface area contributed by atoms with Gasteiger partial charge in [0, 0.05) is 31.9 Å². The number of imidazole rings is 1. The van der Waals surface area contributed by atoms with Gasteiger partial charge in [0.2, 0.25) is 12.1 Å². The topological polar surface area (TPSA) is 137 Å². The van der Waals surface area contributed by atoms with Crippen LogP contribution in [0.25, 0.3) is 11.0 Å². The molecule has 0 saturated carbocycles. The number of anilines is 1. The lowest BCUT2D eigenvalue weighted by molar-refractivity contribution is -0.144. The van der Waals surface area contributed by atoms with Crippen LogP contribution < -0.4 is 21.1 Å².